The fourth-order valence-electron chi connectivity index (χ4n) is 5.06. The van der Waals surface area contributed by atoms with Crippen LogP contribution >= 0.6 is 0 Å². The largest absolute Gasteiger partial charge is 0.497 e. The zero-order valence-electron chi connectivity index (χ0n) is 22.1. The van der Waals surface area contributed by atoms with Crippen LogP contribution in [0.1, 0.15) is 23.1 Å². The lowest BCUT2D eigenvalue weighted by Crippen LogP contribution is -2.44. The van der Waals surface area contributed by atoms with E-state index in [9.17, 15) is 13.2 Å². The Morgan fingerprint density at radius 2 is 1.75 bits per heavy atom. The average Bonchev–Trinajstić information content (AvgIpc) is 3.30. The second-order valence-electron chi connectivity index (χ2n) is 9.85. The van der Waals surface area contributed by atoms with E-state index in [1.807, 2.05) is 18.2 Å². The maximum Gasteiger partial charge on any atom is 0.244 e. The first-order valence-corrected chi connectivity index (χ1v) is 14.3. The number of benzene rings is 4. The molecule has 1 heterocycles. The maximum atomic E-state index is 14.2. The summed E-state index contributed by atoms with van der Waals surface area (Å²) in [6.45, 7) is 0.678. The van der Waals surface area contributed by atoms with Crippen molar-refractivity contribution in [2.45, 2.75) is 30.4 Å². The van der Waals surface area contributed by atoms with Gasteiger partial charge in [-0.15, -0.1) is 0 Å². The number of anilines is 1. The molecular weight excluding hydrogens is 526 g/mol. The highest BCUT2D eigenvalue weighted by Gasteiger charge is 2.42. The van der Waals surface area contributed by atoms with E-state index in [0.29, 0.717) is 47.5 Å². The molecule has 5 N–H and O–H groups in total. The van der Waals surface area contributed by atoms with Crippen molar-refractivity contribution in [3.05, 3.63) is 102 Å². The van der Waals surface area contributed by atoms with E-state index >= 15 is 0 Å². The van der Waals surface area contributed by atoms with Gasteiger partial charge >= 0.3 is 0 Å². The van der Waals surface area contributed by atoms with Crippen molar-refractivity contribution in [3.63, 3.8) is 0 Å². The summed E-state index contributed by atoms with van der Waals surface area (Å²) in [4.78, 5) is 15.5. The van der Waals surface area contributed by atoms with Gasteiger partial charge in [-0.05, 0) is 70.8 Å². The third-order valence-corrected chi connectivity index (χ3v) is 8.99. The van der Waals surface area contributed by atoms with Crippen molar-refractivity contribution in [1.29, 1.82) is 5.41 Å². The summed E-state index contributed by atoms with van der Waals surface area (Å²) in [5.41, 5.74) is 14.2. The zero-order chi connectivity index (χ0) is 28.4. The van der Waals surface area contributed by atoms with Crippen molar-refractivity contribution in [2.75, 3.05) is 19.4 Å². The number of ether oxygens (including phenoxy) is 1. The molecule has 1 aliphatic heterocycles. The van der Waals surface area contributed by atoms with Crippen molar-refractivity contribution in [3.8, 4) is 5.75 Å². The van der Waals surface area contributed by atoms with Gasteiger partial charge < -0.3 is 21.1 Å². The molecule has 4 aromatic carbocycles. The molecule has 40 heavy (non-hydrogen) atoms. The molecule has 1 aliphatic rings. The predicted octanol–water partition coefficient (Wildman–Crippen LogP) is 3.71. The second kappa shape index (κ2) is 11.0. The maximum absolute atomic E-state index is 14.2. The number of nitrogens with two attached hydrogens (primary N) is 2. The first kappa shape index (κ1) is 27.2. The first-order valence-electron chi connectivity index (χ1n) is 12.8. The number of sulfonamides is 1. The standard InChI is InChI=1S/C30H31N5O4S/c1-39-26-10-8-22-9-11-27(17-24(22)16-26)40(37,38)35(19-21-5-3-7-25(31)15-21)28-12-13-34(30(28)36)18-20-4-2-6-23(14-20)29(32)33/h2-11,14-17,28H,12-13,18-19,31H2,1H3,(H3,32,33)/t28-/m0/s1. The smallest absolute Gasteiger partial charge is 0.244 e. The summed E-state index contributed by atoms with van der Waals surface area (Å²) in [7, 11) is -2.54. The van der Waals surface area contributed by atoms with E-state index in [2.05, 4.69) is 0 Å². The Balaban J connectivity index is 1.49. The Hall–Kier alpha value is -4.41. The van der Waals surface area contributed by atoms with Crippen molar-refractivity contribution in [1.82, 2.24) is 9.21 Å². The number of hydrogen-bond donors (Lipinski definition) is 3. The Bertz CT molecular complexity index is 1710. The van der Waals surface area contributed by atoms with Gasteiger partial charge in [-0.25, -0.2) is 8.42 Å². The molecule has 10 heteroatoms. The lowest BCUT2D eigenvalue weighted by Gasteiger charge is -2.28. The van der Waals surface area contributed by atoms with E-state index in [4.69, 9.17) is 21.6 Å². The normalized spacial score (nSPS) is 15.6. The lowest BCUT2D eigenvalue weighted by molar-refractivity contribution is -0.131. The van der Waals surface area contributed by atoms with Gasteiger partial charge in [0, 0.05) is 30.9 Å². The van der Waals surface area contributed by atoms with E-state index in [1.54, 1.807) is 78.7 Å². The first-order chi connectivity index (χ1) is 19.2. The third kappa shape index (κ3) is 5.49. The van der Waals surface area contributed by atoms with Gasteiger partial charge in [0.05, 0.1) is 12.0 Å². The van der Waals surface area contributed by atoms with Crippen molar-refractivity contribution < 1.29 is 17.9 Å². The minimum atomic E-state index is -4.09. The summed E-state index contributed by atoms with van der Waals surface area (Å²) in [5, 5.41) is 9.29. The number of nitrogens with one attached hydrogen (secondary N) is 1. The zero-order valence-corrected chi connectivity index (χ0v) is 22.9. The Labute approximate surface area is 233 Å². The number of hydrogen-bond acceptors (Lipinski definition) is 6. The van der Waals surface area contributed by atoms with E-state index in [1.165, 1.54) is 4.31 Å². The molecule has 1 saturated heterocycles. The monoisotopic (exact) mass is 557 g/mol. The van der Waals surface area contributed by atoms with Gasteiger partial charge in [0.2, 0.25) is 15.9 Å². The Morgan fingerprint density at radius 3 is 2.50 bits per heavy atom. The van der Waals surface area contributed by atoms with Crippen LogP contribution < -0.4 is 16.2 Å². The number of carbonyl (C=O) groups excluding carboxylic acids is 1. The molecule has 1 amide bonds. The fourth-order valence-corrected chi connectivity index (χ4v) is 6.70. The summed E-state index contributed by atoms with van der Waals surface area (Å²) in [6.07, 6.45) is 0.341. The number of fused-ring (bicyclic) bond motifs is 1. The van der Waals surface area contributed by atoms with Gasteiger partial charge in [0.25, 0.3) is 0 Å². The molecule has 0 aromatic heterocycles. The van der Waals surface area contributed by atoms with Crippen LogP contribution in [0.2, 0.25) is 0 Å². The summed E-state index contributed by atoms with van der Waals surface area (Å²) in [5.74, 6) is 0.289. The number of amides is 1. The molecule has 0 aliphatic carbocycles. The van der Waals surface area contributed by atoms with Crippen LogP contribution in [0.15, 0.2) is 89.8 Å². The number of nitrogen functional groups attached to an aromatic ring is 2. The van der Waals surface area contributed by atoms with Crippen LogP contribution in [-0.4, -0.2) is 49.1 Å². The molecule has 0 bridgehead atoms. The molecule has 1 fully saturated rings. The molecule has 5 rings (SSSR count). The Morgan fingerprint density at radius 1 is 1.00 bits per heavy atom. The topological polar surface area (TPSA) is 143 Å². The lowest BCUT2D eigenvalue weighted by atomic mass is 10.1. The molecule has 0 unspecified atom stereocenters. The summed E-state index contributed by atoms with van der Waals surface area (Å²) in [6, 6.07) is 23.7. The van der Waals surface area contributed by atoms with Gasteiger partial charge in [0.1, 0.15) is 17.6 Å². The van der Waals surface area contributed by atoms with Gasteiger partial charge in [-0.2, -0.15) is 4.31 Å². The molecule has 0 radical (unpaired) electrons. The van der Waals surface area contributed by atoms with Crippen LogP contribution in [0.5, 0.6) is 5.75 Å². The average molecular weight is 558 g/mol. The van der Waals surface area contributed by atoms with Crippen LogP contribution in [0.3, 0.4) is 0 Å². The van der Waals surface area contributed by atoms with Gasteiger partial charge in [-0.1, -0.05) is 42.5 Å². The molecule has 9 nitrogen and oxygen atoms in total. The third-order valence-electron chi connectivity index (χ3n) is 7.14. The quantitative estimate of drug-likeness (QED) is 0.163. The highest BCUT2D eigenvalue weighted by molar-refractivity contribution is 7.89. The minimum absolute atomic E-state index is 0.00636. The number of methoxy groups -OCH3 is 1. The molecule has 0 spiro atoms. The van der Waals surface area contributed by atoms with E-state index < -0.39 is 16.1 Å². The Kier molecular flexibility index (Phi) is 7.46. The molecule has 1 atom stereocenters. The predicted molar refractivity (Wildman–Crippen MR) is 155 cm³/mol. The van der Waals surface area contributed by atoms with Crippen LogP contribution in [-0.2, 0) is 27.9 Å². The highest BCUT2D eigenvalue weighted by Crippen LogP contribution is 2.31. The summed E-state index contributed by atoms with van der Waals surface area (Å²) < 4.78 is 35.0. The summed E-state index contributed by atoms with van der Waals surface area (Å²) >= 11 is 0. The van der Waals surface area contributed by atoms with Crippen LogP contribution in [0.25, 0.3) is 10.8 Å². The minimum Gasteiger partial charge on any atom is -0.497 e. The highest BCUT2D eigenvalue weighted by atomic mass is 32.2. The molecular formula is C30H31N5O4S. The molecule has 4 aromatic rings. The van der Waals surface area contributed by atoms with Crippen molar-refractivity contribution >= 4 is 38.2 Å². The fraction of sp³-hybridized carbons (Fsp3) is 0.200. The van der Waals surface area contributed by atoms with Crippen LogP contribution in [0.4, 0.5) is 5.69 Å². The molecule has 0 saturated carbocycles. The van der Waals surface area contributed by atoms with Gasteiger partial charge in [0.15, 0.2) is 0 Å². The number of nitrogens with zero attached hydrogens (tertiary/aromatic N) is 2. The van der Waals surface area contributed by atoms with Crippen LogP contribution in [0, 0.1) is 5.41 Å². The van der Waals surface area contributed by atoms with Crippen molar-refractivity contribution in [2.24, 2.45) is 5.73 Å². The number of carbonyl (C=O) groups is 1. The number of amidine groups is 1. The number of rotatable bonds is 9. The van der Waals surface area contributed by atoms with E-state index in [-0.39, 0.29) is 23.2 Å². The molecule has 206 valence electrons. The number of likely N-dealkylation sites (tertiary alicyclic amines) is 1. The van der Waals surface area contributed by atoms with Gasteiger partial charge in [-0.3, -0.25) is 10.2 Å². The SMILES string of the molecule is COc1ccc2ccc(S(=O)(=O)N(Cc3cccc(N)c3)[C@H]3CCN(Cc4cccc(C(=N)N)c4)C3=O)cc2c1. The van der Waals surface area contributed by atoms with E-state index in [0.717, 1.165) is 10.9 Å². The second-order valence-corrected chi connectivity index (χ2v) is 11.7.